The molecule has 1 saturated carbocycles. The van der Waals surface area contributed by atoms with Gasteiger partial charge in [0, 0.05) is 25.3 Å². The summed E-state index contributed by atoms with van der Waals surface area (Å²) >= 11 is 0. The third-order valence-electron chi connectivity index (χ3n) is 4.28. The number of carbonyl (C=O) groups is 1. The number of rotatable bonds is 5. The number of hydrogen-bond donors (Lipinski definition) is 2. The van der Waals surface area contributed by atoms with Crippen LogP contribution in [0.4, 0.5) is 0 Å². The second-order valence-electron chi connectivity index (χ2n) is 5.67. The van der Waals surface area contributed by atoms with Crippen LogP contribution in [0.25, 0.3) is 0 Å². The van der Waals surface area contributed by atoms with Gasteiger partial charge >= 0.3 is 0 Å². The Hall–Kier alpha value is -0.610. The van der Waals surface area contributed by atoms with Gasteiger partial charge in [0.25, 0.3) is 0 Å². The average molecular weight is 254 g/mol. The quantitative estimate of drug-likeness (QED) is 0.781. The monoisotopic (exact) mass is 254 g/mol. The smallest absolute Gasteiger partial charge is 0.234 e. The summed E-state index contributed by atoms with van der Waals surface area (Å²) in [6.45, 7) is 4.21. The van der Waals surface area contributed by atoms with Crippen LogP contribution in [0.3, 0.4) is 0 Å². The van der Waals surface area contributed by atoms with E-state index in [1.807, 2.05) is 0 Å². The van der Waals surface area contributed by atoms with Gasteiger partial charge in [0.2, 0.25) is 5.91 Å². The van der Waals surface area contributed by atoms with E-state index in [0.717, 1.165) is 32.0 Å². The van der Waals surface area contributed by atoms with E-state index in [1.165, 1.54) is 25.7 Å². The zero-order valence-electron chi connectivity index (χ0n) is 11.4. The molecule has 0 aromatic carbocycles. The molecule has 2 fully saturated rings. The number of nitrogens with one attached hydrogen (secondary N) is 2. The molecule has 2 N–H and O–H groups in total. The fourth-order valence-electron chi connectivity index (χ4n) is 3.00. The Bertz CT molecular complexity index is 259. The molecule has 0 aromatic heterocycles. The first kappa shape index (κ1) is 13.8. The van der Waals surface area contributed by atoms with E-state index in [1.54, 1.807) is 0 Å². The molecule has 1 amide bonds. The largest absolute Gasteiger partial charge is 0.381 e. The van der Waals surface area contributed by atoms with Gasteiger partial charge in [-0.3, -0.25) is 4.79 Å². The minimum Gasteiger partial charge on any atom is -0.381 e. The fraction of sp³-hybridized carbons (Fsp3) is 0.929. The Morgan fingerprint density at radius 2 is 1.89 bits per heavy atom. The van der Waals surface area contributed by atoms with Crippen molar-refractivity contribution in [1.29, 1.82) is 0 Å². The summed E-state index contributed by atoms with van der Waals surface area (Å²) in [5.41, 5.74) is 0. The van der Waals surface area contributed by atoms with Gasteiger partial charge < -0.3 is 15.4 Å². The van der Waals surface area contributed by atoms with Crippen molar-refractivity contribution in [3.05, 3.63) is 0 Å². The maximum atomic E-state index is 11.8. The maximum absolute atomic E-state index is 11.8. The van der Waals surface area contributed by atoms with Crippen molar-refractivity contribution in [2.24, 2.45) is 5.92 Å². The summed E-state index contributed by atoms with van der Waals surface area (Å²) in [7, 11) is 0. The zero-order chi connectivity index (χ0) is 12.8. The predicted molar refractivity (Wildman–Crippen MR) is 71.4 cm³/mol. The highest BCUT2D eigenvalue weighted by molar-refractivity contribution is 5.78. The van der Waals surface area contributed by atoms with Gasteiger partial charge in [-0.15, -0.1) is 0 Å². The second kappa shape index (κ2) is 7.10. The van der Waals surface area contributed by atoms with Crippen molar-refractivity contribution in [2.75, 3.05) is 19.8 Å². The SMILES string of the molecule is CC(NCC(=O)NC1CCOCC1)C1CCCC1. The molecule has 4 heteroatoms. The maximum Gasteiger partial charge on any atom is 0.234 e. The van der Waals surface area contributed by atoms with E-state index in [-0.39, 0.29) is 5.91 Å². The third kappa shape index (κ3) is 4.25. The van der Waals surface area contributed by atoms with E-state index >= 15 is 0 Å². The predicted octanol–water partition coefficient (Wildman–Crippen LogP) is 1.45. The number of carbonyl (C=O) groups excluding carboxylic acids is 1. The lowest BCUT2D eigenvalue weighted by atomic mass is 10.00. The average Bonchev–Trinajstić information content (AvgIpc) is 2.91. The van der Waals surface area contributed by atoms with Crippen molar-refractivity contribution in [3.63, 3.8) is 0 Å². The van der Waals surface area contributed by atoms with Crippen LogP contribution in [0.15, 0.2) is 0 Å². The van der Waals surface area contributed by atoms with Crippen LogP contribution in [0, 0.1) is 5.92 Å². The Morgan fingerprint density at radius 1 is 1.22 bits per heavy atom. The van der Waals surface area contributed by atoms with Gasteiger partial charge in [-0.1, -0.05) is 12.8 Å². The molecule has 1 atom stereocenters. The molecule has 104 valence electrons. The normalized spacial score (nSPS) is 24.1. The molecule has 0 radical (unpaired) electrons. The second-order valence-corrected chi connectivity index (χ2v) is 5.67. The first-order valence-corrected chi connectivity index (χ1v) is 7.36. The standard InChI is InChI=1S/C14H26N2O2/c1-11(12-4-2-3-5-12)15-10-14(17)16-13-6-8-18-9-7-13/h11-13,15H,2-10H2,1H3,(H,16,17). The van der Waals surface area contributed by atoms with Crippen molar-refractivity contribution in [2.45, 2.75) is 57.5 Å². The summed E-state index contributed by atoms with van der Waals surface area (Å²) in [4.78, 5) is 11.8. The van der Waals surface area contributed by atoms with Crippen LogP contribution in [-0.4, -0.2) is 37.7 Å². The van der Waals surface area contributed by atoms with E-state index in [9.17, 15) is 4.79 Å². The summed E-state index contributed by atoms with van der Waals surface area (Å²) in [6, 6.07) is 0.780. The molecule has 1 heterocycles. The molecule has 4 nitrogen and oxygen atoms in total. The minimum atomic E-state index is 0.131. The first-order chi connectivity index (χ1) is 8.75. The lowest BCUT2D eigenvalue weighted by Gasteiger charge is -2.24. The molecule has 1 aliphatic carbocycles. The molecule has 1 saturated heterocycles. The van der Waals surface area contributed by atoms with E-state index < -0.39 is 0 Å². The topological polar surface area (TPSA) is 50.4 Å². The summed E-state index contributed by atoms with van der Waals surface area (Å²) in [5, 5.41) is 6.45. The summed E-state index contributed by atoms with van der Waals surface area (Å²) in [5.74, 6) is 0.896. The van der Waals surface area contributed by atoms with Gasteiger partial charge in [-0.05, 0) is 38.5 Å². The minimum absolute atomic E-state index is 0.131. The lowest BCUT2D eigenvalue weighted by Crippen LogP contribution is -2.45. The van der Waals surface area contributed by atoms with Crippen LogP contribution in [0.5, 0.6) is 0 Å². The van der Waals surface area contributed by atoms with Crippen LogP contribution in [-0.2, 0) is 9.53 Å². The number of ether oxygens (including phenoxy) is 1. The zero-order valence-corrected chi connectivity index (χ0v) is 11.4. The van der Waals surface area contributed by atoms with Gasteiger partial charge in [0.1, 0.15) is 0 Å². The van der Waals surface area contributed by atoms with Crippen LogP contribution in [0.2, 0.25) is 0 Å². The van der Waals surface area contributed by atoms with Crippen LogP contribution in [0.1, 0.15) is 45.4 Å². The van der Waals surface area contributed by atoms with Gasteiger partial charge in [0.15, 0.2) is 0 Å². The van der Waals surface area contributed by atoms with Crippen molar-refractivity contribution < 1.29 is 9.53 Å². The number of hydrogen-bond acceptors (Lipinski definition) is 3. The molecule has 2 rings (SSSR count). The fourth-order valence-corrected chi connectivity index (χ4v) is 3.00. The highest BCUT2D eigenvalue weighted by Gasteiger charge is 2.22. The third-order valence-corrected chi connectivity index (χ3v) is 4.28. The van der Waals surface area contributed by atoms with Crippen LogP contribution >= 0.6 is 0 Å². The summed E-state index contributed by atoms with van der Waals surface area (Å²) in [6.07, 6.45) is 7.23. The molecule has 1 aliphatic heterocycles. The van der Waals surface area contributed by atoms with Crippen LogP contribution < -0.4 is 10.6 Å². The Kier molecular flexibility index (Phi) is 5.45. The Morgan fingerprint density at radius 3 is 2.56 bits per heavy atom. The molecular formula is C14H26N2O2. The van der Waals surface area contributed by atoms with E-state index in [2.05, 4.69) is 17.6 Å². The highest BCUT2D eigenvalue weighted by Crippen LogP contribution is 2.27. The van der Waals surface area contributed by atoms with E-state index in [4.69, 9.17) is 4.74 Å². The molecule has 0 aromatic rings. The van der Waals surface area contributed by atoms with Gasteiger partial charge in [-0.25, -0.2) is 0 Å². The van der Waals surface area contributed by atoms with Gasteiger partial charge in [-0.2, -0.15) is 0 Å². The Labute approximate surface area is 110 Å². The Balaban J connectivity index is 1.61. The molecule has 1 unspecified atom stereocenters. The highest BCUT2D eigenvalue weighted by atomic mass is 16.5. The van der Waals surface area contributed by atoms with Gasteiger partial charge in [0.05, 0.1) is 6.54 Å². The van der Waals surface area contributed by atoms with E-state index in [0.29, 0.717) is 18.6 Å². The molecule has 18 heavy (non-hydrogen) atoms. The summed E-state index contributed by atoms with van der Waals surface area (Å²) < 4.78 is 5.28. The first-order valence-electron chi connectivity index (χ1n) is 7.36. The molecule has 0 spiro atoms. The molecular weight excluding hydrogens is 228 g/mol. The van der Waals surface area contributed by atoms with Crippen molar-refractivity contribution >= 4 is 5.91 Å². The number of amides is 1. The van der Waals surface area contributed by atoms with Crippen molar-refractivity contribution in [3.8, 4) is 0 Å². The molecule has 2 aliphatic rings. The lowest BCUT2D eigenvalue weighted by molar-refractivity contribution is -0.121. The van der Waals surface area contributed by atoms with Crippen molar-refractivity contribution in [1.82, 2.24) is 10.6 Å². The molecule has 0 bridgehead atoms.